The molecule has 2 aliphatic rings. The van der Waals surface area contributed by atoms with Crippen molar-refractivity contribution in [1.29, 1.82) is 0 Å². The van der Waals surface area contributed by atoms with Crippen LogP contribution < -0.4 is 0 Å². The summed E-state index contributed by atoms with van der Waals surface area (Å²) in [6.45, 7) is 6.85. The molecule has 1 atom stereocenters. The van der Waals surface area contributed by atoms with Crippen molar-refractivity contribution < 1.29 is 18.5 Å². The van der Waals surface area contributed by atoms with E-state index in [1.807, 2.05) is 25.6 Å². The molecule has 0 fully saturated rings. The molecule has 0 saturated heterocycles. The van der Waals surface area contributed by atoms with Gasteiger partial charge in [-0.1, -0.05) is 20.8 Å². The largest absolute Gasteiger partial charge is 0.413 e. The molecule has 2 heterocycles. The Hall–Kier alpha value is -1.36. The number of rotatable bonds is 9. The number of nitrogens with zero attached hydrogens (tertiary/aromatic N) is 2. The molecule has 5 nitrogen and oxygen atoms in total. The van der Waals surface area contributed by atoms with Crippen LogP contribution >= 0.6 is 0 Å². The highest BCUT2D eigenvalue weighted by molar-refractivity contribution is 5.78. The molecule has 0 spiro atoms. The highest BCUT2D eigenvalue weighted by Gasteiger charge is 2.42. The predicted molar refractivity (Wildman–Crippen MR) is 79.4 cm³/mol. The van der Waals surface area contributed by atoms with Crippen molar-refractivity contribution in [2.75, 3.05) is 20.6 Å². The number of carbonyl (C=O) groups excluding carboxylic acids is 2. The van der Waals surface area contributed by atoms with Crippen LogP contribution in [0.15, 0.2) is 4.42 Å². The third-order valence-electron chi connectivity index (χ3n) is 4.18. The second-order valence-electron chi connectivity index (χ2n) is 6.97. The van der Waals surface area contributed by atoms with Crippen LogP contribution in [0.4, 0.5) is 0 Å². The minimum Gasteiger partial charge on any atom is -0.413 e. The summed E-state index contributed by atoms with van der Waals surface area (Å²) >= 11 is 0. The molecule has 0 saturated carbocycles. The van der Waals surface area contributed by atoms with Crippen LogP contribution in [-0.4, -0.2) is 41.4 Å². The topological polar surface area (TPSA) is 52.2 Å². The Bertz CT molecular complexity index is 600. The van der Waals surface area contributed by atoms with E-state index in [2.05, 4.69) is 13.8 Å². The predicted octanol–water partition coefficient (Wildman–Crippen LogP) is 2.63. The van der Waals surface area contributed by atoms with Gasteiger partial charge < -0.3 is 4.42 Å². The van der Waals surface area contributed by atoms with Crippen LogP contribution in [0, 0.1) is 17.0 Å². The molecule has 0 aromatic rings. The number of quaternary nitrogens is 1. The highest BCUT2D eigenvalue weighted by atomic mass is 16.4. The summed E-state index contributed by atoms with van der Waals surface area (Å²) in [7, 11) is 3.88. The fourth-order valence-corrected chi connectivity index (χ4v) is 2.68. The van der Waals surface area contributed by atoms with E-state index in [1.165, 1.54) is 0 Å². The van der Waals surface area contributed by atoms with Gasteiger partial charge in [0.25, 0.3) is 11.1 Å². The maximum absolute atomic E-state index is 12.9. The van der Waals surface area contributed by atoms with Gasteiger partial charge in [-0.25, -0.2) is 4.79 Å². The minimum atomic E-state index is -0.111. The number of hydrogen-bond donors (Lipinski definition) is 0. The average molecular weight is 295 g/mol. The first-order chi connectivity index (χ1) is 9.77. The highest BCUT2D eigenvalue weighted by Crippen LogP contribution is 2.32. The van der Waals surface area contributed by atoms with Gasteiger partial charge in [-0.2, -0.15) is 0 Å². The number of aromatic nitrogens is 1. The van der Waals surface area contributed by atoms with Gasteiger partial charge in [0.15, 0.2) is 6.04 Å². The van der Waals surface area contributed by atoms with Gasteiger partial charge in [-0.05, 0) is 12.3 Å². The summed E-state index contributed by atoms with van der Waals surface area (Å²) in [5, 5.41) is 0. The quantitative estimate of drug-likeness (QED) is 0.668. The number of likely N-dealkylation sites (N-methyl/N-ethyl adjacent to an activating group) is 1. The molecule has 0 aliphatic carbocycles. The molecule has 0 bridgehead atoms. The zero-order valence-corrected chi connectivity index (χ0v) is 13.8. The summed E-state index contributed by atoms with van der Waals surface area (Å²) in [4.78, 5) is 24.2. The Kier molecular flexibility index (Phi) is 4.42. The zero-order valence-electron chi connectivity index (χ0n) is 13.8. The summed E-state index contributed by atoms with van der Waals surface area (Å²) in [5.74, 6) is 0.943. The Morgan fingerprint density at radius 1 is 1.24 bits per heavy atom. The molecular weight excluding hydrogens is 268 g/mol. The SMILES string of the molecule is CCC(=O)CCC[N+](C)(C)C(=O)C(CC(C)C)n1c2oc1=2. The van der Waals surface area contributed by atoms with Gasteiger partial charge in [-0.3, -0.25) is 13.8 Å². The van der Waals surface area contributed by atoms with E-state index in [9.17, 15) is 9.59 Å². The van der Waals surface area contributed by atoms with E-state index < -0.39 is 0 Å². The monoisotopic (exact) mass is 295 g/mol. The molecule has 0 N–H and O–H groups in total. The van der Waals surface area contributed by atoms with E-state index in [-0.39, 0.29) is 17.7 Å². The molecule has 2 rings (SSSR count). The second kappa shape index (κ2) is 5.79. The van der Waals surface area contributed by atoms with E-state index in [0.29, 0.717) is 29.8 Å². The lowest BCUT2D eigenvalue weighted by Gasteiger charge is -2.30. The lowest BCUT2D eigenvalue weighted by atomic mass is 10.0. The standard InChI is InChI=1S/C16H27N2O3/c1-6-12(19)8-7-9-18(4,5)16(20)13(10-11(2)3)17-14-15(17)21-14/h11,13H,6-10H2,1-5H3/q+1. The fourth-order valence-electron chi connectivity index (χ4n) is 2.68. The van der Waals surface area contributed by atoms with Gasteiger partial charge in [0.1, 0.15) is 5.78 Å². The van der Waals surface area contributed by atoms with Crippen LogP contribution in [0.3, 0.4) is 0 Å². The Morgan fingerprint density at radius 3 is 2.29 bits per heavy atom. The third-order valence-corrected chi connectivity index (χ3v) is 4.18. The summed E-state index contributed by atoms with van der Waals surface area (Å²) in [6, 6.07) is -0.111. The Balaban J connectivity index is 1.94. The Labute approximate surface area is 125 Å². The van der Waals surface area contributed by atoms with Crippen LogP contribution in [0.2, 0.25) is 0 Å². The molecule has 1 unspecified atom stereocenters. The Morgan fingerprint density at radius 2 is 1.86 bits per heavy atom. The average Bonchev–Trinajstić information content (AvgIpc) is 3.26. The smallest absolute Gasteiger partial charge is 0.336 e. The lowest BCUT2D eigenvalue weighted by molar-refractivity contribution is -0.815. The fraction of sp³-hybridized carbons (Fsp3) is 0.750. The van der Waals surface area contributed by atoms with Gasteiger partial charge in [0.2, 0.25) is 0 Å². The molecular formula is C16H27N2O3+. The van der Waals surface area contributed by atoms with Crippen molar-refractivity contribution in [3.05, 3.63) is 11.1 Å². The van der Waals surface area contributed by atoms with Crippen LogP contribution in [0.5, 0.6) is 0 Å². The number of hydrogen-bond acceptors (Lipinski definition) is 3. The van der Waals surface area contributed by atoms with Crippen molar-refractivity contribution in [3.8, 4) is 0 Å². The van der Waals surface area contributed by atoms with E-state index in [4.69, 9.17) is 4.42 Å². The number of ketones is 1. The van der Waals surface area contributed by atoms with Crippen LogP contribution in [0.25, 0.3) is 0 Å². The minimum absolute atomic E-state index is 0.111. The van der Waals surface area contributed by atoms with Crippen LogP contribution in [0.1, 0.15) is 52.5 Å². The van der Waals surface area contributed by atoms with Crippen molar-refractivity contribution in [2.45, 2.75) is 52.5 Å². The van der Waals surface area contributed by atoms with Gasteiger partial charge in [0.05, 0.1) is 20.6 Å². The van der Waals surface area contributed by atoms with Crippen molar-refractivity contribution >= 4 is 11.7 Å². The lowest BCUT2D eigenvalue weighted by Crippen LogP contribution is -2.50. The van der Waals surface area contributed by atoms with E-state index in [1.54, 1.807) is 0 Å². The first-order valence-corrected chi connectivity index (χ1v) is 7.88. The normalized spacial score (nSPS) is 14.6. The summed E-state index contributed by atoms with van der Waals surface area (Å²) < 4.78 is 7.46. The molecule has 118 valence electrons. The first kappa shape index (κ1) is 16.0. The first-order valence-electron chi connectivity index (χ1n) is 7.88. The molecule has 5 heteroatoms. The van der Waals surface area contributed by atoms with Crippen molar-refractivity contribution in [1.82, 2.24) is 4.57 Å². The second-order valence-corrected chi connectivity index (χ2v) is 6.97. The summed E-state index contributed by atoms with van der Waals surface area (Å²) in [5.41, 5.74) is 1.80. The van der Waals surface area contributed by atoms with Gasteiger partial charge in [-0.15, -0.1) is 0 Å². The number of Topliss-reactive ketones (excluding diaryl/α,β-unsaturated/α-hetero) is 1. The molecule has 2 aliphatic heterocycles. The van der Waals surface area contributed by atoms with Gasteiger partial charge in [0, 0.05) is 19.3 Å². The summed E-state index contributed by atoms with van der Waals surface area (Å²) in [6.07, 6.45) is 2.76. The molecule has 0 aromatic heterocycles. The maximum atomic E-state index is 12.9. The molecule has 21 heavy (non-hydrogen) atoms. The number of carbonyl (C=O) groups is 2. The van der Waals surface area contributed by atoms with Crippen LogP contribution in [-0.2, 0) is 9.59 Å². The molecule has 0 aromatic carbocycles. The third kappa shape index (κ3) is 3.64. The zero-order chi connectivity index (χ0) is 15.8. The van der Waals surface area contributed by atoms with E-state index in [0.717, 1.165) is 23.9 Å². The van der Waals surface area contributed by atoms with Gasteiger partial charge >= 0.3 is 5.91 Å². The molecule has 0 radical (unpaired) electrons. The van der Waals surface area contributed by atoms with E-state index >= 15 is 0 Å². The number of amides is 1. The maximum Gasteiger partial charge on any atom is 0.336 e. The molecule has 1 amide bonds. The van der Waals surface area contributed by atoms with Crippen molar-refractivity contribution in [2.24, 2.45) is 5.92 Å². The van der Waals surface area contributed by atoms with Crippen molar-refractivity contribution in [3.63, 3.8) is 0 Å².